The van der Waals surface area contributed by atoms with Crippen LogP contribution in [0, 0.1) is 0 Å². The highest BCUT2D eigenvalue weighted by molar-refractivity contribution is 7.19. The second kappa shape index (κ2) is 13.2. The fourth-order valence-electron chi connectivity index (χ4n) is 6.19. The Kier molecular flexibility index (Phi) is 10.1. The quantitative estimate of drug-likeness (QED) is 0.116. The van der Waals surface area contributed by atoms with Crippen molar-refractivity contribution < 1.29 is 57.2 Å². The summed E-state index contributed by atoms with van der Waals surface area (Å²) in [7, 11) is 4.60. The Bertz CT molecular complexity index is 1410. The highest BCUT2D eigenvalue weighted by Crippen LogP contribution is 2.32. The van der Waals surface area contributed by atoms with E-state index < -0.39 is 53.1 Å². The van der Waals surface area contributed by atoms with E-state index in [-0.39, 0.29) is 21.9 Å². The molecule has 0 N–H and O–H groups in total. The van der Waals surface area contributed by atoms with Crippen LogP contribution in [-0.4, -0.2) is 37.8 Å². The predicted molar refractivity (Wildman–Crippen MR) is 161 cm³/mol. The molecule has 14 heteroatoms. The van der Waals surface area contributed by atoms with Crippen LogP contribution in [0.3, 0.4) is 0 Å². The molecular weight excluding hydrogens is 661 g/mol. The minimum absolute atomic E-state index is 0.0114. The Hall–Kier alpha value is -3.94. The molecule has 0 bridgehead atoms. The molecule has 48 heavy (non-hydrogen) atoms. The van der Waals surface area contributed by atoms with Crippen molar-refractivity contribution in [3.05, 3.63) is 119 Å². The maximum absolute atomic E-state index is 13.3. The molecule has 4 aromatic rings. The van der Waals surface area contributed by atoms with E-state index >= 15 is 0 Å². The molecule has 0 aliphatic carbocycles. The highest BCUT2D eigenvalue weighted by Gasteiger charge is 2.38. The number of quaternary nitrogens is 1. The van der Waals surface area contributed by atoms with Gasteiger partial charge in [-0.1, -0.05) is 97.1 Å². The van der Waals surface area contributed by atoms with Gasteiger partial charge in [0.25, 0.3) is 0 Å². The Morgan fingerprint density at radius 1 is 0.375 bits per heavy atom. The fourth-order valence-corrected chi connectivity index (χ4v) is 6.19. The summed E-state index contributed by atoms with van der Waals surface area (Å²) >= 11 is 0. The Morgan fingerprint density at radius 3 is 0.688 bits per heavy atom. The van der Waals surface area contributed by atoms with Crippen molar-refractivity contribution in [1.82, 2.24) is 0 Å². The van der Waals surface area contributed by atoms with Gasteiger partial charge < -0.3 is 4.48 Å². The van der Waals surface area contributed by atoms with Crippen LogP contribution in [0.2, 0.25) is 0 Å². The van der Waals surface area contributed by atoms with Crippen LogP contribution in [0.25, 0.3) is 0 Å². The van der Waals surface area contributed by atoms with Crippen molar-refractivity contribution >= 4 is 28.0 Å². The molecule has 258 valence electrons. The molecule has 0 spiro atoms. The van der Waals surface area contributed by atoms with Crippen LogP contribution >= 0.6 is 0 Å². The summed E-state index contributed by atoms with van der Waals surface area (Å²) in [6, 6.07) is 13.6. The summed E-state index contributed by atoms with van der Waals surface area (Å²) in [5, 5.41) is 0. The average molecular weight is 691 g/mol. The summed E-state index contributed by atoms with van der Waals surface area (Å²) in [4.78, 5) is 0. The molecule has 0 saturated carbocycles. The minimum Gasteiger partial charge on any atom is -0.328 e. The number of hydrogen-bond acceptors (Lipinski definition) is 0. The molecule has 1 aliphatic rings. The number of rotatable bonds is 4. The van der Waals surface area contributed by atoms with Gasteiger partial charge in [-0.05, 0) is 0 Å². The lowest BCUT2D eigenvalue weighted by Gasteiger charge is -2.44. The summed E-state index contributed by atoms with van der Waals surface area (Å²) < 4.78 is 161. The molecule has 5 rings (SSSR count). The van der Waals surface area contributed by atoms with Gasteiger partial charge in [0.15, 0.2) is 0 Å². The topological polar surface area (TPSA) is 0 Å². The molecule has 1 fully saturated rings. The van der Waals surface area contributed by atoms with Crippen molar-refractivity contribution in [2.24, 2.45) is 0 Å². The third-order valence-electron chi connectivity index (χ3n) is 8.73. The monoisotopic (exact) mass is 691 g/mol. The number of benzene rings is 4. The molecule has 0 atom stereocenters. The summed E-state index contributed by atoms with van der Waals surface area (Å²) in [6.45, 7) is 2.78. The maximum atomic E-state index is 13.3. The lowest BCUT2D eigenvalue weighted by atomic mass is 9.13. The van der Waals surface area contributed by atoms with E-state index in [4.69, 9.17) is 0 Å². The zero-order valence-corrected chi connectivity index (χ0v) is 25.6. The van der Waals surface area contributed by atoms with Crippen LogP contribution < -0.4 is 21.9 Å². The second-order valence-corrected chi connectivity index (χ2v) is 12.4. The number of likely N-dealkylation sites (tertiary alicyclic amines) is 1. The van der Waals surface area contributed by atoms with Gasteiger partial charge >= 0.3 is 24.7 Å². The van der Waals surface area contributed by atoms with Gasteiger partial charge in [-0.25, -0.2) is 0 Å². The van der Waals surface area contributed by atoms with E-state index in [1.807, 2.05) is 0 Å². The number of halogens is 12. The van der Waals surface area contributed by atoms with Crippen molar-refractivity contribution in [3.63, 3.8) is 0 Å². The molecule has 0 radical (unpaired) electrons. The van der Waals surface area contributed by atoms with Gasteiger partial charge in [-0.15, -0.1) is 0 Å². The van der Waals surface area contributed by atoms with Gasteiger partial charge in [-0.2, -0.15) is 74.5 Å². The Morgan fingerprint density at radius 2 is 0.562 bits per heavy atom. The Balaban J connectivity index is 0.000000659. The standard InChI is InChI=1S/C28H16BF12.C6H14N/c30-25(31,32)17-1-9-21(10-2-17)29(22-11-3-18(4-12-22)26(33,34)35,23-13-5-19(6-14-23)27(36,37)38)24-15-7-20(8-16-24)28(39,40)41;1-7(2)5-3-4-6-7/h1-16H;3-6H2,1-2H3/q-1;+1. The zero-order chi connectivity index (χ0) is 35.8. The molecule has 1 heterocycles. The van der Waals surface area contributed by atoms with Gasteiger partial charge in [0, 0.05) is 12.8 Å². The fraction of sp³-hybridized carbons (Fsp3) is 0.294. The van der Waals surface area contributed by atoms with Gasteiger partial charge in [0.05, 0.1) is 49.4 Å². The number of hydrogen-bond donors (Lipinski definition) is 0. The molecule has 1 nitrogen and oxygen atoms in total. The summed E-state index contributed by atoms with van der Waals surface area (Å²) in [6.07, 6.45) is -19.1. The predicted octanol–water partition coefficient (Wildman–Crippen LogP) is 8.00. The van der Waals surface area contributed by atoms with Crippen molar-refractivity contribution in [3.8, 4) is 0 Å². The largest absolute Gasteiger partial charge is 0.416 e. The maximum Gasteiger partial charge on any atom is 0.416 e. The first kappa shape index (κ1) is 36.9. The molecule has 0 aromatic heterocycles. The first-order valence-electron chi connectivity index (χ1n) is 14.7. The second-order valence-electron chi connectivity index (χ2n) is 12.4. The van der Waals surface area contributed by atoms with Crippen molar-refractivity contribution in [2.75, 3.05) is 27.2 Å². The Labute approximate surface area is 269 Å². The van der Waals surface area contributed by atoms with Crippen molar-refractivity contribution in [1.29, 1.82) is 0 Å². The average Bonchev–Trinajstić information content (AvgIpc) is 3.41. The highest BCUT2D eigenvalue weighted by atomic mass is 19.4. The van der Waals surface area contributed by atoms with E-state index in [0.29, 0.717) is 48.5 Å². The molecule has 0 amide bonds. The van der Waals surface area contributed by atoms with Gasteiger partial charge in [0.1, 0.15) is 6.15 Å². The first-order chi connectivity index (χ1) is 22.0. The summed E-state index contributed by atoms with van der Waals surface area (Å²) in [5.41, 5.74) is -4.29. The van der Waals surface area contributed by atoms with E-state index in [1.54, 1.807) is 0 Å². The van der Waals surface area contributed by atoms with Crippen molar-refractivity contribution in [2.45, 2.75) is 37.5 Å². The van der Waals surface area contributed by atoms with E-state index in [9.17, 15) is 52.7 Å². The minimum atomic E-state index is -4.77. The molecule has 1 aliphatic heterocycles. The van der Waals surface area contributed by atoms with Crippen LogP contribution in [0.4, 0.5) is 52.7 Å². The first-order valence-corrected chi connectivity index (χ1v) is 14.7. The third kappa shape index (κ3) is 8.19. The lowest BCUT2D eigenvalue weighted by molar-refractivity contribution is -0.877. The van der Waals surface area contributed by atoms with E-state index in [2.05, 4.69) is 14.1 Å². The lowest BCUT2D eigenvalue weighted by Crippen LogP contribution is -2.74. The van der Waals surface area contributed by atoms with Gasteiger partial charge in [0.2, 0.25) is 0 Å². The van der Waals surface area contributed by atoms with Crippen LogP contribution in [0.15, 0.2) is 97.1 Å². The number of nitrogens with zero attached hydrogens (tertiary/aromatic N) is 1. The SMILES string of the molecule is C[N+]1(C)CCCC1.FC(F)(F)c1ccc([B-](c2ccc(C(F)(F)F)cc2)(c2ccc(C(F)(F)F)cc2)c2ccc(C(F)(F)F)cc2)cc1. The van der Waals surface area contributed by atoms with Crippen LogP contribution in [0.1, 0.15) is 35.1 Å². The zero-order valence-electron chi connectivity index (χ0n) is 25.6. The van der Waals surface area contributed by atoms with E-state index in [1.165, 1.54) is 30.4 Å². The van der Waals surface area contributed by atoms with Gasteiger partial charge in [-0.3, -0.25) is 0 Å². The molecular formula is C34H30BF12N. The number of alkyl halides is 12. The normalized spacial score (nSPS) is 15.5. The smallest absolute Gasteiger partial charge is 0.328 e. The third-order valence-corrected chi connectivity index (χ3v) is 8.73. The van der Waals surface area contributed by atoms with E-state index in [0.717, 1.165) is 48.5 Å². The van der Waals surface area contributed by atoms with Crippen LogP contribution in [0.5, 0.6) is 0 Å². The summed E-state index contributed by atoms with van der Waals surface area (Å²) in [5.74, 6) is 0. The molecule has 1 saturated heterocycles. The van der Waals surface area contributed by atoms with Crippen LogP contribution in [-0.2, 0) is 24.7 Å². The molecule has 4 aromatic carbocycles. The molecule has 0 unspecified atom stereocenters.